The molecule has 0 aliphatic rings. The Morgan fingerprint density at radius 1 is 1.64 bits per heavy atom. The van der Waals surface area contributed by atoms with Gasteiger partial charge in [-0.25, -0.2) is 4.79 Å². The third-order valence-electron chi connectivity index (χ3n) is 1.52. The number of nitrogens with one attached hydrogen (secondary N) is 2. The largest absolute Gasteiger partial charge is 0.363 e. The van der Waals surface area contributed by atoms with Crippen LogP contribution in [0.25, 0.3) is 0 Å². The summed E-state index contributed by atoms with van der Waals surface area (Å²) in [5.74, 6) is 0.410. The molecule has 0 unspecified atom stereocenters. The number of hydrogen-bond donors (Lipinski definition) is 2. The van der Waals surface area contributed by atoms with Gasteiger partial charge in [-0.3, -0.25) is 5.32 Å². The van der Waals surface area contributed by atoms with Crippen molar-refractivity contribution in [3.8, 4) is 0 Å². The van der Waals surface area contributed by atoms with Crippen molar-refractivity contribution in [1.82, 2.24) is 15.4 Å². The summed E-state index contributed by atoms with van der Waals surface area (Å²) in [7, 11) is 3.88. The summed E-state index contributed by atoms with van der Waals surface area (Å²) >= 11 is 0. The molecule has 0 saturated heterocycles. The second-order valence-corrected chi connectivity index (χ2v) is 3.07. The minimum atomic E-state index is -0.277. The lowest BCUT2D eigenvalue weighted by Crippen LogP contribution is -2.34. The molecule has 0 aliphatic heterocycles. The first-order chi connectivity index (χ1) is 6.68. The van der Waals surface area contributed by atoms with Crippen LogP contribution in [0.15, 0.2) is 16.9 Å². The fraction of sp³-hybridized carbons (Fsp3) is 0.500. The van der Waals surface area contributed by atoms with Gasteiger partial charge >= 0.3 is 6.03 Å². The summed E-state index contributed by atoms with van der Waals surface area (Å²) in [6, 6.07) is 1.30. The number of hydrogen-bond acceptors (Lipinski definition) is 4. The van der Waals surface area contributed by atoms with Gasteiger partial charge in [-0.15, -0.1) is 0 Å². The van der Waals surface area contributed by atoms with Crippen LogP contribution in [0.2, 0.25) is 0 Å². The maximum Gasteiger partial charge on any atom is 0.320 e. The Morgan fingerprint density at radius 2 is 2.43 bits per heavy atom. The molecule has 0 radical (unpaired) electrons. The first-order valence-corrected chi connectivity index (χ1v) is 4.28. The number of aromatic nitrogens is 1. The molecule has 1 rings (SSSR count). The highest BCUT2D eigenvalue weighted by atomic mass is 16.5. The third-order valence-corrected chi connectivity index (χ3v) is 1.52. The van der Waals surface area contributed by atoms with E-state index in [-0.39, 0.29) is 6.03 Å². The topological polar surface area (TPSA) is 70.4 Å². The molecule has 0 fully saturated rings. The average molecular weight is 198 g/mol. The number of carbonyl (C=O) groups is 1. The lowest BCUT2D eigenvalue weighted by molar-refractivity contribution is 0.250. The predicted octanol–water partition coefficient (Wildman–Crippen LogP) is 0.358. The van der Waals surface area contributed by atoms with Crippen molar-refractivity contribution >= 4 is 11.8 Å². The summed E-state index contributed by atoms with van der Waals surface area (Å²) in [5.41, 5.74) is 0. The van der Waals surface area contributed by atoms with Gasteiger partial charge in [-0.05, 0) is 14.1 Å². The van der Waals surface area contributed by atoms with E-state index in [1.165, 1.54) is 6.26 Å². The smallest absolute Gasteiger partial charge is 0.320 e. The van der Waals surface area contributed by atoms with E-state index in [1.807, 2.05) is 19.0 Å². The molecule has 2 N–H and O–H groups in total. The van der Waals surface area contributed by atoms with E-state index < -0.39 is 0 Å². The predicted molar refractivity (Wildman–Crippen MR) is 52.1 cm³/mol. The van der Waals surface area contributed by atoms with Crippen LogP contribution in [-0.4, -0.2) is 43.3 Å². The minimum Gasteiger partial charge on any atom is -0.363 e. The maximum atomic E-state index is 11.2. The first kappa shape index (κ1) is 10.5. The van der Waals surface area contributed by atoms with E-state index in [0.717, 1.165) is 6.54 Å². The molecule has 1 heterocycles. The highest BCUT2D eigenvalue weighted by molar-refractivity contribution is 5.87. The number of rotatable bonds is 4. The van der Waals surface area contributed by atoms with Crippen molar-refractivity contribution in [2.75, 3.05) is 32.5 Å². The van der Waals surface area contributed by atoms with Gasteiger partial charge in [0.25, 0.3) is 0 Å². The van der Waals surface area contributed by atoms with Crippen molar-refractivity contribution in [3.63, 3.8) is 0 Å². The van der Waals surface area contributed by atoms with Crippen LogP contribution in [0.1, 0.15) is 0 Å². The fourth-order valence-electron chi connectivity index (χ4n) is 0.831. The second kappa shape index (κ2) is 5.23. The first-order valence-electron chi connectivity index (χ1n) is 4.28. The van der Waals surface area contributed by atoms with Crippen molar-refractivity contribution in [3.05, 3.63) is 12.3 Å². The molecule has 1 aromatic rings. The SMILES string of the molecule is CN(C)CCNC(=O)Nc1ccon1. The maximum absolute atomic E-state index is 11.2. The van der Waals surface area contributed by atoms with Gasteiger partial charge in [0, 0.05) is 19.2 Å². The van der Waals surface area contributed by atoms with Gasteiger partial charge in [-0.2, -0.15) is 0 Å². The molecule has 6 heteroatoms. The van der Waals surface area contributed by atoms with Crippen LogP contribution >= 0.6 is 0 Å². The quantitative estimate of drug-likeness (QED) is 0.732. The molecule has 2 amide bonds. The van der Waals surface area contributed by atoms with Crippen molar-refractivity contribution in [2.24, 2.45) is 0 Å². The average Bonchev–Trinajstić information content (AvgIpc) is 2.56. The lowest BCUT2D eigenvalue weighted by atomic mass is 10.5. The number of amides is 2. The molecular formula is C8H14N4O2. The standard InChI is InChI=1S/C8H14N4O2/c1-12(2)5-4-9-8(13)10-7-3-6-14-11-7/h3,6H,4-5H2,1-2H3,(H2,9,10,11,13). The second-order valence-electron chi connectivity index (χ2n) is 3.07. The van der Waals surface area contributed by atoms with Gasteiger partial charge in [-0.1, -0.05) is 5.16 Å². The summed E-state index contributed by atoms with van der Waals surface area (Å²) in [6.07, 6.45) is 1.40. The number of carbonyl (C=O) groups excluding carboxylic acids is 1. The minimum absolute atomic E-state index is 0.277. The Morgan fingerprint density at radius 3 is 3.00 bits per heavy atom. The highest BCUT2D eigenvalue weighted by Gasteiger charge is 2.02. The summed E-state index contributed by atoms with van der Waals surface area (Å²) in [6.45, 7) is 1.39. The van der Waals surface area contributed by atoms with Crippen LogP contribution in [0.5, 0.6) is 0 Å². The normalized spacial score (nSPS) is 10.2. The van der Waals surface area contributed by atoms with Crippen LogP contribution in [-0.2, 0) is 0 Å². The molecular weight excluding hydrogens is 184 g/mol. The van der Waals surface area contributed by atoms with Gasteiger partial charge in [0.2, 0.25) is 0 Å². The third kappa shape index (κ3) is 3.90. The van der Waals surface area contributed by atoms with E-state index in [4.69, 9.17) is 0 Å². The molecule has 0 atom stereocenters. The van der Waals surface area contributed by atoms with Gasteiger partial charge < -0.3 is 14.7 Å². The van der Waals surface area contributed by atoms with Gasteiger partial charge in [0.1, 0.15) is 6.26 Å². The summed E-state index contributed by atoms with van der Waals surface area (Å²) < 4.78 is 4.56. The number of nitrogens with zero attached hydrogens (tertiary/aromatic N) is 2. The number of likely N-dealkylation sites (N-methyl/N-ethyl adjacent to an activating group) is 1. The number of anilines is 1. The van der Waals surface area contributed by atoms with Crippen molar-refractivity contribution in [1.29, 1.82) is 0 Å². The zero-order chi connectivity index (χ0) is 10.4. The number of urea groups is 1. The monoisotopic (exact) mass is 198 g/mol. The Balaban J connectivity index is 2.17. The van der Waals surface area contributed by atoms with Crippen LogP contribution in [0.4, 0.5) is 10.6 Å². The highest BCUT2D eigenvalue weighted by Crippen LogP contribution is 1.99. The Labute approximate surface area is 82.2 Å². The molecule has 14 heavy (non-hydrogen) atoms. The van der Waals surface area contributed by atoms with Crippen LogP contribution in [0.3, 0.4) is 0 Å². The van der Waals surface area contributed by atoms with E-state index >= 15 is 0 Å². The molecule has 0 spiro atoms. The molecule has 1 aromatic heterocycles. The Kier molecular flexibility index (Phi) is 3.93. The molecule has 0 aliphatic carbocycles. The van der Waals surface area contributed by atoms with Crippen LogP contribution < -0.4 is 10.6 Å². The fourth-order valence-corrected chi connectivity index (χ4v) is 0.831. The van der Waals surface area contributed by atoms with E-state index in [2.05, 4.69) is 20.3 Å². The summed E-state index contributed by atoms with van der Waals surface area (Å²) in [4.78, 5) is 13.2. The molecule has 0 aromatic carbocycles. The Hall–Kier alpha value is -1.56. The zero-order valence-electron chi connectivity index (χ0n) is 8.28. The van der Waals surface area contributed by atoms with Gasteiger partial charge in [0.15, 0.2) is 5.82 Å². The lowest BCUT2D eigenvalue weighted by Gasteiger charge is -2.09. The molecule has 0 saturated carbocycles. The van der Waals surface area contributed by atoms with Crippen molar-refractivity contribution in [2.45, 2.75) is 0 Å². The van der Waals surface area contributed by atoms with E-state index in [1.54, 1.807) is 6.07 Å². The van der Waals surface area contributed by atoms with E-state index in [0.29, 0.717) is 12.4 Å². The van der Waals surface area contributed by atoms with Crippen LogP contribution in [0, 0.1) is 0 Å². The molecule has 78 valence electrons. The Bertz CT molecular complexity index is 271. The van der Waals surface area contributed by atoms with Gasteiger partial charge in [0.05, 0.1) is 0 Å². The zero-order valence-corrected chi connectivity index (χ0v) is 8.28. The summed E-state index contributed by atoms with van der Waals surface area (Å²) in [5, 5.41) is 8.74. The molecule has 6 nitrogen and oxygen atoms in total. The van der Waals surface area contributed by atoms with Crippen molar-refractivity contribution < 1.29 is 9.32 Å². The van der Waals surface area contributed by atoms with E-state index in [9.17, 15) is 4.79 Å². The molecule has 0 bridgehead atoms.